The number of hydrogen-bond donors (Lipinski definition) is 1. The number of nitrogens with zero attached hydrogens (tertiary/aromatic N) is 5. The summed E-state index contributed by atoms with van der Waals surface area (Å²) in [5.74, 6) is 1.94. The second-order valence-electron chi connectivity index (χ2n) is 6.93. The molecule has 2 aromatic rings. The highest BCUT2D eigenvalue weighted by molar-refractivity contribution is 5.80. The second kappa shape index (κ2) is 10.3. The average Bonchev–Trinajstić information content (AvgIpc) is 3.43. The molecular weight excluding hydrogens is 356 g/mol. The van der Waals surface area contributed by atoms with Crippen molar-refractivity contribution in [3.05, 3.63) is 42.2 Å². The van der Waals surface area contributed by atoms with Crippen molar-refractivity contribution in [1.29, 1.82) is 0 Å². The first-order chi connectivity index (χ1) is 13.7. The van der Waals surface area contributed by atoms with Crippen LogP contribution in [-0.2, 0) is 6.54 Å². The summed E-state index contributed by atoms with van der Waals surface area (Å²) in [5.41, 5.74) is 0.983. The smallest absolute Gasteiger partial charge is 0.193 e. The van der Waals surface area contributed by atoms with Crippen molar-refractivity contribution in [3.63, 3.8) is 0 Å². The highest BCUT2D eigenvalue weighted by Gasteiger charge is 2.24. The number of rotatable bonds is 8. The second-order valence-corrected chi connectivity index (χ2v) is 6.93. The van der Waals surface area contributed by atoms with Gasteiger partial charge < -0.3 is 19.2 Å². The van der Waals surface area contributed by atoms with Gasteiger partial charge in [-0.3, -0.25) is 14.8 Å². The van der Waals surface area contributed by atoms with Gasteiger partial charge in [-0.25, -0.2) is 0 Å². The van der Waals surface area contributed by atoms with Crippen molar-refractivity contribution in [2.24, 2.45) is 4.99 Å². The SMILES string of the molecule is CCN(CC)C(CNC(=NC)N1CCN(Cc2ccon2)CC1)c1ccco1. The van der Waals surface area contributed by atoms with Gasteiger partial charge in [-0.05, 0) is 25.2 Å². The van der Waals surface area contributed by atoms with E-state index in [9.17, 15) is 0 Å². The van der Waals surface area contributed by atoms with Gasteiger partial charge in [-0.15, -0.1) is 0 Å². The minimum atomic E-state index is 0.190. The normalized spacial score (nSPS) is 17.3. The fraction of sp³-hybridized carbons (Fsp3) is 0.600. The lowest BCUT2D eigenvalue weighted by atomic mass is 10.2. The summed E-state index contributed by atoms with van der Waals surface area (Å²) in [6.45, 7) is 11.7. The third-order valence-corrected chi connectivity index (χ3v) is 5.34. The molecule has 1 fully saturated rings. The van der Waals surface area contributed by atoms with Gasteiger partial charge in [-0.2, -0.15) is 0 Å². The topological polar surface area (TPSA) is 73.3 Å². The largest absolute Gasteiger partial charge is 0.468 e. The summed E-state index contributed by atoms with van der Waals surface area (Å²) in [6.07, 6.45) is 3.37. The number of nitrogens with one attached hydrogen (secondary N) is 1. The number of likely N-dealkylation sites (N-methyl/N-ethyl adjacent to an activating group) is 1. The van der Waals surface area contributed by atoms with Crippen LogP contribution in [0, 0.1) is 0 Å². The first-order valence-electron chi connectivity index (χ1n) is 10.1. The molecule has 0 amide bonds. The first kappa shape index (κ1) is 20.4. The standard InChI is InChI=1S/C20H32N6O2/c1-4-25(5-2)18(19-7-6-13-27-19)15-22-20(21-3)26-11-9-24(10-12-26)16-17-8-14-28-23-17/h6-8,13-14,18H,4-5,9-12,15-16H2,1-3H3,(H,21,22). The van der Waals surface area contributed by atoms with Crippen molar-refractivity contribution < 1.29 is 8.94 Å². The van der Waals surface area contributed by atoms with E-state index in [-0.39, 0.29) is 6.04 Å². The van der Waals surface area contributed by atoms with Crippen molar-refractivity contribution in [1.82, 2.24) is 25.2 Å². The molecule has 2 aromatic heterocycles. The molecule has 8 heteroatoms. The first-order valence-corrected chi connectivity index (χ1v) is 10.1. The lowest BCUT2D eigenvalue weighted by molar-refractivity contribution is 0.165. The highest BCUT2D eigenvalue weighted by Crippen LogP contribution is 2.20. The predicted molar refractivity (Wildman–Crippen MR) is 109 cm³/mol. The molecule has 0 radical (unpaired) electrons. The molecule has 1 aliphatic rings. The summed E-state index contributed by atoms with van der Waals surface area (Å²) in [7, 11) is 1.85. The quantitative estimate of drug-likeness (QED) is 0.548. The Morgan fingerprint density at radius 2 is 2.00 bits per heavy atom. The Morgan fingerprint density at radius 1 is 1.21 bits per heavy atom. The number of hydrogen-bond acceptors (Lipinski definition) is 6. The molecule has 8 nitrogen and oxygen atoms in total. The lowest BCUT2D eigenvalue weighted by Crippen LogP contribution is -2.53. The fourth-order valence-electron chi connectivity index (χ4n) is 3.74. The van der Waals surface area contributed by atoms with E-state index in [4.69, 9.17) is 8.94 Å². The molecule has 0 aromatic carbocycles. The summed E-state index contributed by atoms with van der Waals surface area (Å²) < 4.78 is 10.6. The minimum Gasteiger partial charge on any atom is -0.468 e. The van der Waals surface area contributed by atoms with Crippen LogP contribution in [0.4, 0.5) is 0 Å². The number of furan rings is 1. The van der Waals surface area contributed by atoms with Crippen molar-refractivity contribution in [2.45, 2.75) is 26.4 Å². The van der Waals surface area contributed by atoms with Gasteiger partial charge in [0.25, 0.3) is 0 Å². The van der Waals surface area contributed by atoms with E-state index < -0.39 is 0 Å². The van der Waals surface area contributed by atoms with Crippen LogP contribution in [0.15, 0.2) is 44.7 Å². The zero-order valence-corrected chi connectivity index (χ0v) is 17.2. The van der Waals surface area contributed by atoms with Crippen LogP contribution in [0.5, 0.6) is 0 Å². The van der Waals surface area contributed by atoms with Gasteiger partial charge in [0.05, 0.1) is 18.0 Å². The van der Waals surface area contributed by atoms with Crippen LogP contribution in [0.1, 0.15) is 31.3 Å². The Kier molecular flexibility index (Phi) is 7.50. The van der Waals surface area contributed by atoms with Gasteiger partial charge in [0, 0.05) is 52.4 Å². The Hall–Kier alpha value is -2.32. The number of aromatic nitrogens is 1. The Morgan fingerprint density at radius 3 is 2.57 bits per heavy atom. The van der Waals surface area contributed by atoms with Crippen molar-refractivity contribution in [3.8, 4) is 0 Å². The maximum atomic E-state index is 5.70. The van der Waals surface area contributed by atoms with Crippen LogP contribution in [-0.4, -0.2) is 78.7 Å². The van der Waals surface area contributed by atoms with E-state index in [0.717, 1.165) is 69.8 Å². The molecule has 3 rings (SSSR count). The average molecular weight is 389 g/mol. The molecule has 1 atom stereocenters. The van der Waals surface area contributed by atoms with E-state index in [2.05, 4.69) is 50.1 Å². The fourth-order valence-corrected chi connectivity index (χ4v) is 3.74. The van der Waals surface area contributed by atoms with Gasteiger partial charge in [0.1, 0.15) is 12.0 Å². The van der Waals surface area contributed by atoms with Crippen LogP contribution >= 0.6 is 0 Å². The maximum Gasteiger partial charge on any atom is 0.193 e. The molecule has 154 valence electrons. The maximum absolute atomic E-state index is 5.70. The zero-order chi connectivity index (χ0) is 19.8. The molecule has 1 unspecified atom stereocenters. The summed E-state index contributed by atoms with van der Waals surface area (Å²) in [6, 6.07) is 6.12. The van der Waals surface area contributed by atoms with E-state index in [1.807, 2.05) is 19.2 Å². The summed E-state index contributed by atoms with van der Waals surface area (Å²) >= 11 is 0. The molecular formula is C20H32N6O2. The molecule has 0 bridgehead atoms. The van der Waals surface area contributed by atoms with E-state index >= 15 is 0 Å². The summed E-state index contributed by atoms with van der Waals surface area (Å²) in [5, 5.41) is 7.57. The molecule has 0 saturated carbocycles. The Bertz CT molecular complexity index is 688. The Balaban J connectivity index is 1.53. The van der Waals surface area contributed by atoms with Crippen LogP contribution in [0.2, 0.25) is 0 Å². The zero-order valence-electron chi connectivity index (χ0n) is 17.2. The van der Waals surface area contributed by atoms with E-state index in [0.29, 0.717) is 0 Å². The van der Waals surface area contributed by atoms with E-state index in [1.165, 1.54) is 0 Å². The lowest BCUT2D eigenvalue weighted by Gasteiger charge is -2.37. The van der Waals surface area contributed by atoms with Crippen LogP contribution in [0.3, 0.4) is 0 Å². The van der Waals surface area contributed by atoms with Crippen LogP contribution in [0.25, 0.3) is 0 Å². The minimum absolute atomic E-state index is 0.190. The molecule has 28 heavy (non-hydrogen) atoms. The van der Waals surface area contributed by atoms with Crippen molar-refractivity contribution >= 4 is 5.96 Å². The third-order valence-electron chi connectivity index (χ3n) is 5.34. The van der Waals surface area contributed by atoms with Gasteiger partial charge in [0.15, 0.2) is 5.96 Å². The van der Waals surface area contributed by atoms with E-state index in [1.54, 1.807) is 12.5 Å². The summed E-state index contributed by atoms with van der Waals surface area (Å²) in [4.78, 5) is 11.6. The number of guanidine groups is 1. The van der Waals surface area contributed by atoms with Crippen molar-refractivity contribution in [2.75, 3.05) is 52.9 Å². The van der Waals surface area contributed by atoms with Gasteiger partial charge in [0.2, 0.25) is 0 Å². The van der Waals surface area contributed by atoms with Crippen LogP contribution < -0.4 is 5.32 Å². The molecule has 1 saturated heterocycles. The van der Waals surface area contributed by atoms with Gasteiger partial charge >= 0.3 is 0 Å². The molecule has 1 N–H and O–H groups in total. The molecule has 3 heterocycles. The highest BCUT2D eigenvalue weighted by atomic mass is 16.5. The molecule has 1 aliphatic heterocycles. The molecule has 0 aliphatic carbocycles. The molecule has 0 spiro atoms. The van der Waals surface area contributed by atoms with Gasteiger partial charge in [-0.1, -0.05) is 19.0 Å². The third kappa shape index (κ3) is 5.14. The Labute approximate surface area is 167 Å². The number of piperazine rings is 1. The number of aliphatic imine (C=N–C) groups is 1. The monoisotopic (exact) mass is 388 g/mol. The predicted octanol–water partition coefficient (Wildman–Crippen LogP) is 2.04.